The van der Waals surface area contributed by atoms with Gasteiger partial charge in [0.1, 0.15) is 5.76 Å². The summed E-state index contributed by atoms with van der Waals surface area (Å²) in [5, 5.41) is 6.93. The van der Waals surface area contributed by atoms with Crippen LogP contribution < -0.4 is 5.32 Å². The minimum Gasteiger partial charge on any atom is -0.361 e. The van der Waals surface area contributed by atoms with Crippen LogP contribution >= 0.6 is 0 Å². The van der Waals surface area contributed by atoms with Gasteiger partial charge in [0.05, 0.1) is 18.2 Å². The molecule has 1 aromatic heterocycles. The fourth-order valence-electron chi connectivity index (χ4n) is 2.89. The summed E-state index contributed by atoms with van der Waals surface area (Å²) in [6.45, 7) is 5.67. The number of nitrogens with zero attached hydrogens (tertiary/aromatic N) is 1. The van der Waals surface area contributed by atoms with Gasteiger partial charge in [0.25, 0.3) is 0 Å². The lowest BCUT2D eigenvalue weighted by molar-refractivity contribution is -0.121. The minimum atomic E-state index is -0.0576. The summed E-state index contributed by atoms with van der Waals surface area (Å²) in [4.78, 5) is 12.3. The highest BCUT2D eigenvalue weighted by Gasteiger charge is 2.15. The van der Waals surface area contributed by atoms with Gasteiger partial charge in [-0.25, -0.2) is 0 Å². The first-order valence-corrected chi connectivity index (χ1v) is 8.41. The van der Waals surface area contributed by atoms with E-state index in [1.54, 1.807) is 0 Å². The molecule has 1 heterocycles. The van der Waals surface area contributed by atoms with E-state index in [0.717, 1.165) is 16.8 Å². The van der Waals surface area contributed by atoms with Crippen LogP contribution in [0.15, 0.2) is 59.1 Å². The molecule has 1 N–H and O–H groups in total. The minimum absolute atomic E-state index is 0.0333. The Kier molecular flexibility index (Phi) is 4.98. The van der Waals surface area contributed by atoms with Crippen LogP contribution in [0.2, 0.25) is 0 Å². The number of hydrogen-bond donors (Lipinski definition) is 1. The Morgan fingerprint density at radius 1 is 1.04 bits per heavy atom. The van der Waals surface area contributed by atoms with E-state index in [-0.39, 0.29) is 18.4 Å². The normalized spacial score (nSPS) is 12.0. The summed E-state index contributed by atoms with van der Waals surface area (Å²) in [5.74, 6) is 0.668. The van der Waals surface area contributed by atoms with Gasteiger partial charge in [0, 0.05) is 5.56 Å². The molecule has 0 bridgehead atoms. The maximum Gasteiger partial charge on any atom is 0.225 e. The van der Waals surface area contributed by atoms with Gasteiger partial charge in [-0.05, 0) is 37.5 Å². The van der Waals surface area contributed by atoms with Crippen molar-refractivity contribution in [1.82, 2.24) is 10.5 Å². The number of hydrogen-bond acceptors (Lipinski definition) is 3. The van der Waals surface area contributed by atoms with Crippen LogP contribution in [0.4, 0.5) is 0 Å². The molecule has 4 nitrogen and oxygen atoms in total. The lowest BCUT2D eigenvalue weighted by atomic mass is 10.0. The number of rotatable bonds is 5. The molecule has 0 saturated carbocycles. The van der Waals surface area contributed by atoms with Crippen LogP contribution in [-0.2, 0) is 11.2 Å². The first-order valence-electron chi connectivity index (χ1n) is 8.41. The van der Waals surface area contributed by atoms with Crippen molar-refractivity contribution >= 4 is 5.91 Å². The third kappa shape index (κ3) is 3.97. The van der Waals surface area contributed by atoms with Crippen molar-refractivity contribution in [2.24, 2.45) is 0 Å². The second-order valence-electron chi connectivity index (χ2n) is 6.26. The summed E-state index contributed by atoms with van der Waals surface area (Å²) < 4.78 is 5.11. The zero-order valence-corrected chi connectivity index (χ0v) is 14.7. The molecule has 1 amide bonds. The third-order valence-electron chi connectivity index (χ3n) is 4.41. The molecule has 0 aliphatic rings. The van der Waals surface area contributed by atoms with Crippen molar-refractivity contribution in [3.05, 3.63) is 77.2 Å². The summed E-state index contributed by atoms with van der Waals surface area (Å²) >= 11 is 0. The summed E-state index contributed by atoms with van der Waals surface area (Å²) in [5.41, 5.74) is 5.06. The number of aryl methyl sites for hydroxylation is 2. The maximum atomic E-state index is 12.3. The van der Waals surface area contributed by atoms with Crippen LogP contribution in [0.25, 0.3) is 11.1 Å². The third-order valence-corrected chi connectivity index (χ3v) is 4.41. The average molecular weight is 334 g/mol. The molecule has 128 valence electrons. The molecule has 3 rings (SSSR count). The zero-order chi connectivity index (χ0) is 17.8. The van der Waals surface area contributed by atoms with Crippen molar-refractivity contribution < 1.29 is 9.32 Å². The van der Waals surface area contributed by atoms with Crippen LogP contribution in [0.5, 0.6) is 0 Å². The standard InChI is InChI=1S/C21H22N2O2/c1-14(22-21(24)13-20-15(2)23-25-16(20)3)17-9-11-19(12-10-17)18-7-5-4-6-8-18/h4-12,14H,13H2,1-3H3,(H,22,24)/t14-/m0/s1. The number of amides is 1. The number of nitrogens with one attached hydrogen (secondary N) is 1. The number of benzene rings is 2. The molecule has 3 aromatic rings. The van der Waals surface area contributed by atoms with Gasteiger partial charge in [-0.1, -0.05) is 59.8 Å². The fraction of sp³-hybridized carbons (Fsp3) is 0.238. The van der Waals surface area contributed by atoms with Crippen molar-refractivity contribution in [3.8, 4) is 11.1 Å². The van der Waals surface area contributed by atoms with Crippen molar-refractivity contribution in [1.29, 1.82) is 0 Å². The Morgan fingerprint density at radius 3 is 2.28 bits per heavy atom. The molecule has 25 heavy (non-hydrogen) atoms. The van der Waals surface area contributed by atoms with E-state index >= 15 is 0 Å². The molecule has 4 heteroatoms. The average Bonchev–Trinajstić information content (AvgIpc) is 2.94. The van der Waals surface area contributed by atoms with Crippen LogP contribution in [-0.4, -0.2) is 11.1 Å². The van der Waals surface area contributed by atoms with E-state index in [0.29, 0.717) is 5.76 Å². The zero-order valence-electron chi connectivity index (χ0n) is 14.7. The van der Waals surface area contributed by atoms with Gasteiger partial charge in [-0.3, -0.25) is 4.79 Å². The Hall–Kier alpha value is -2.88. The van der Waals surface area contributed by atoms with Gasteiger partial charge < -0.3 is 9.84 Å². The number of carbonyl (C=O) groups is 1. The summed E-state index contributed by atoms with van der Waals surface area (Å²) in [6, 6.07) is 18.5. The van der Waals surface area contributed by atoms with Gasteiger partial charge in [0.2, 0.25) is 5.91 Å². The van der Waals surface area contributed by atoms with Gasteiger partial charge in [-0.2, -0.15) is 0 Å². The molecule has 0 fully saturated rings. The second-order valence-corrected chi connectivity index (χ2v) is 6.26. The highest BCUT2D eigenvalue weighted by molar-refractivity contribution is 5.79. The van der Waals surface area contributed by atoms with Gasteiger partial charge in [0.15, 0.2) is 0 Å². The molecule has 0 unspecified atom stereocenters. The Labute approximate surface area is 147 Å². The van der Waals surface area contributed by atoms with Crippen LogP contribution in [0.1, 0.15) is 35.5 Å². The topological polar surface area (TPSA) is 55.1 Å². The van der Waals surface area contributed by atoms with E-state index in [1.807, 2.05) is 39.0 Å². The molecule has 0 radical (unpaired) electrons. The Morgan fingerprint density at radius 2 is 1.68 bits per heavy atom. The second kappa shape index (κ2) is 7.34. The highest BCUT2D eigenvalue weighted by Crippen LogP contribution is 2.22. The monoisotopic (exact) mass is 334 g/mol. The number of carbonyl (C=O) groups excluding carboxylic acids is 1. The first-order chi connectivity index (χ1) is 12.0. The molecule has 1 atom stereocenters. The molecule has 0 aliphatic carbocycles. The smallest absolute Gasteiger partial charge is 0.225 e. The molecular formula is C21H22N2O2. The van der Waals surface area contributed by atoms with E-state index in [4.69, 9.17) is 4.52 Å². The largest absolute Gasteiger partial charge is 0.361 e. The van der Waals surface area contributed by atoms with Crippen molar-refractivity contribution in [2.75, 3.05) is 0 Å². The van der Waals surface area contributed by atoms with E-state index in [9.17, 15) is 4.79 Å². The first kappa shape index (κ1) is 17.0. The molecule has 2 aromatic carbocycles. The quantitative estimate of drug-likeness (QED) is 0.753. The predicted octanol–water partition coefficient (Wildman–Crippen LogP) is 4.38. The van der Waals surface area contributed by atoms with Crippen molar-refractivity contribution in [3.63, 3.8) is 0 Å². The molecule has 0 aliphatic heterocycles. The maximum absolute atomic E-state index is 12.3. The van der Waals surface area contributed by atoms with E-state index in [1.165, 1.54) is 11.1 Å². The Bertz CT molecular complexity index is 832. The van der Waals surface area contributed by atoms with E-state index < -0.39 is 0 Å². The van der Waals surface area contributed by atoms with Crippen LogP contribution in [0, 0.1) is 13.8 Å². The molecule has 0 saturated heterocycles. The molecular weight excluding hydrogens is 312 g/mol. The van der Waals surface area contributed by atoms with Crippen LogP contribution in [0.3, 0.4) is 0 Å². The summed E-state index contributed by atoms with van der Waals surface area (Å²) in [6.07, 6.45) is 0.285. The highest BCUT2D eigenvalue weighted by atomic mass is 16.5. The van der Waals surface area contributed by atoms with Gasteiger partial charge >= 0.3 is 0 Å². The predicted molar refractivity (Wildman–Crippen MR) is 98.1 cm³/mol. The fourth-order valence-corrected chi connectivity index (χ4v) is 2.89. The van der Waals surface area contributed by atoms with Crippen molar-refractivity contribution in [2.45, 2.75) is 33.2 Å². The SMILES string of the molecule is Cc1noc(C)c1CC(=O)N[C@@H](C)c1ccc(-c2ccccc2)cc1. The number of aromatic nitrogens is 1. The lowest BCUT2D eigenvalue weighted by Gasteiger charge is -2.15. The lowest BCUT2D eigenvalue weighted by Crippen LogP contribution is -2.28. The van der Waals surface area contributed by atoms with E-state index in [2.05, 4.69) is 46.9 Å². The summed E-state index contributed by atoms with van der Waals surface area (Å²) in [7, 11) is 0. The molecule has 0 spiro atoms. The van der Waals surface area contributed by atoms with Gasteiger partial charge in [-0.15, -0.1) is 0 Å². The Balaban J connectivity index is 1.65.